The Hall–Kier alpha value is -2.37. The van der Waals surface area contributed by atoms with Crippen LogP contribution in [0.25, 0.3) is 0 Å². The molecule has 3 aliphatic rings. The van der Waals surface area contributed by atoms with Gasteiger partial charge in [0, 0.05) is 13.0 Å². The number of ether oxygens (including phenoxy) is 1. The summed E-state index contributed by atoms with van der Waals surface area (Å²) in [5, 5.41) is 2.78. The summed E-state index contributed by atoms with van der Waals surface area (Å²) in [6.07, 6.45) is 3.25. The smallest absolute Gasteiger partial charge is 0.233 e. The fourth-order valence-corrected chi connectivity index (χ4v) is 4.86. The Balaban J connectivity index is 1.38. The second-order valence-corrected chi connectivity index (χ2v) is 7.21. The van der Waals surface area contributed by atoms with Crippen LogP contribution in [0.4, 0.5) is 5.69 Å². The maximum absolute atomic E-state index is 12.6. The number of nitrogens with one attached hydrogen (secondary N) is 1. The van der Waals surface area contributed by atoms with Crippen LogP contribution in [0.1, 0.15) is 25.7 Å². The van der Waals surface area contributed by atoms with Crippen molar-refractivity contribution in [2.24, 2.45) is 23.7 Å². The minimum atomic E-state index is -0.231. The number of rotatable bonds is 5. The Morgan fingerprint density at radius 3 is 2.44 bits per heavy atom. The van der Waals surface area contributed by atoms with E-state index in [2.05, 4.69) is 5.32 Å². The molecule has 0 unspecified atom stereocenters. The predicted octanol–water partition coefficient (Wildman–Crippen LogP) is 2.05. The molecule has 6 heteroatoms. The highest BCUT2D eigenvalue weighted by molar-refractivity contribution is 6.06. The summed E-state index contributed by atoms with van der Waals surface area (Å²) in [5.74, 6) is 0.727. The number of carbonyl (C=O) groups excluding carboxylic acids is 3. The number of anilines is 1. The number of hydrogen-bond acceptors (Lipinski definition) is 4. The molecule has 2 saturated carbocycles. The van der Waals surface area contributed by atoms with Gasteiger partial charge in [-0.3, -0.25) is 19.3 Å². The molecule has 0 radical (unpaired) electrons. The molecule has 2 aliphatic carbocycles. The number of hydrogen-bond donors (Lipinski definition) is 1. The zero-order chi connectivity index (χ0) is 17.6. The topological polar surface area (TPSA) is 75.7 Å². The lowest BCUT2D eigenvalue weighted by Gasteiger charge is -2.19. The molecule has 6 nitrogen and oxygen atoms in total. The second kappa shape index (κ2) is 6.17. The van der Waals surface area contributed by atoms with Crippen molar-refractivity contribution in [3.05, 3.63) is 24.3 Å². The minimum absolute atomic E-state index is 0.0627. The maximum atomic E-state index is 12.6. The third-order valence-electron chi connectivity index (χ3n) is 5.96. The molecule has 4 rings (SSSR count). The summed E-state index contributed by atoms with van der Waals surface area (Å²) in [5.41, 5.74) is 0.587. The van der Waals surface area contributed by atoms with E-state index >= 15 is 0 Å². The normalized spacial score (nSPS) is 29.9. The van der Waals surface area contributed by atoms with Crippen molar-refractivity contribution >= 4 is 23.4 Å². The highest BCUT2D eigenvalue weighted by Crippen LogP contribution is 2.56. The van der Waals surface area contributed by atoms with Gasteiger partial charge in [0.1, 0.15) is 5.75 Å². The molecule has 4 atom stereocenters. The third kappa shape index (κ3) is 2.60. The Kier molecular flexibility index (Phi) is 3.98. The van der Waals surface area contributed by atoms with Gasteiger partial charge in [0.05, 0.1) is 24.6 Å². The van der Waals surface area contributed by atoms with Crippen LogP contribution in [-0.2, 0) is 14.4 Å². The van der Waals surface area contributed by atoms with Gasteiger partial charge in [-0.05, 0) is 43.2 Å². The molecule has 2 bridgehead atoms. The average molecular weight is 342 g/mol. The molecular formula is C19H22N2O4. The maximum Gasteiger partial charge on any atom is 0.233 e. The van der Waals surface area contributed by atoms with Crippen molar-refractivity contribution in [2.75, 3.05) is 19.0 Å². The van der Waals surface area contributed by atoms with E-state index in [1.807, 2.05) is 12.1 Å². The van der Waals surface area contributed by atoms with Crippen LogP contribution >= 0.6 is 0 Å². The van der Waals surface area contributed by atoms with Crippen molar-refractivity contribution in [3.63, 3.8) is 0 Å². The van der Waals surface area contributed by atoms with Gasteiger partial charge in [-0.15, -0.1) is 0 Å². The van der Waals surface area contributed by atoms with Gasteiger partial charge in [-0.2, -0.15) is 0 Å². The van der Waals surface area contributed by atoms with Gasteiger partial charge in [0.15, 0.2) is 0 Å². The fourth-order valence-electron chi connectivity index (χ4n) is 4.86. The monoisotopic (exact) mass is 342 g/mol. The summed E-state index contributed by atoms with van der Waals surface area (Å²) in [7, 11) is 1.54. The fraction of sp³-hybridized carbons (Fsp3) is 0.526. The van der Waals surface area contributed by atoms with E-state index in [1.165, 1.54) is 4.90 Å². The van der Waals surface area contributed by atoms with Crippen LogP contribution in [0.2, 0.25) is 0 Å². The number of carbonyl (C=O) groups is 3. The first-order valence-corrected chi connectivity index (χ1v) is 8.88. The molecule has 1 saturated heterocycles. The van der Waals surface area contributed by atoms with Crippen LogP contribution in [0, 0.1) is 23.7 Å². The number of nitrogens with zero attached hydrogens (tertiary/aromatic N) is 1. The predicted molar refractivity (Wildman–Crippen MR) is 90.8 cm³/mol. The molecule has 1 N–H and O–H groups in total. The van der Waals surface area contributed by atoms with Crippen LogP contribution in [-0.4, -0.2) is 36.3 Å². The minimum Gasteiger partial charge on any atom is -0.495 e. The van der Waals surface area contributed by atoms with E-state index in [1.54, 1.807) is 19.2 Å². The van der Waals surface area contributed by atoms with E-state index < -0.39 is 0 Å². The lowest BCUT2D eigenvalue weighted by atomic mass is 9.81. The number of imide groups is 1. The van der Waals surface area contributed by atoms with Gasteiger partial charge in [0.25, 0.3) is 0 Å². The number of fused-ring (bicyclic) bond motifs is 5. The van der Waals surface area contributed by atoms with E-state index in [-0.39, 0.29) is 42.5 Å². The van der Waals surface area contributed by atoms with E-state index in [9.17, 15) is 14.4 Å². The number of para-hydroxylation sites is 2. The molecule has 3 amide bonds. The molecule has 3 fully saturated rings. The number of benzene rings is 1. The zero-order valence-corrected chi connectivity index (χ0v) is 14.2. The lowest BCUT2D eigenvalue weighted by molar-refractivity contribution is -0.140. The molecule has 25 heavy (non-hydrogen) atoms. The van der Waals surface area contributed by atoms with Crippen molar-refractivity contribution in [3.8, 4) is 5.75 Å². The quantitative estimate of drug-likeness (QED) is 0.831. The average Bonchev–Trinajstić information content (AvgIpc) is 3.28. The number of likely N-dealkylation sites (tertiary alicyclic amines) is 1. The third-order valence-corrected chi connectivity index (χ3v) is 5.96. The van der Waals surface area contributed by atoms with Gasteiger partial charge < -0.3 is 10.1 Å². The van der Waals surface area contributed by atoms with E-state index in [4.69, 9.17) is 4.74 Å². The SMILES string of the molecule is COc1ccccc1NC(=O)CCN1C(=O)[C@H]2[C@@H]3CC[C@@H](C3)[C@@H]2C1=O. The number of methoxy groups -OCH3 is 1. The second-order valence-electron chi connectivity index (χ2n) is 7.21. The first-order valence-electron chi connectivity index (χ1n) is 8.88. The van der Waals surface area contributed by atoms with Crippen molar-refractivity contribution in [1.82, 2.24) is 4.90 Å². The molecule has 1 aromatic carbocycles. The highest BCUT2D eigenvalue weighted by Gasteiger charge is 2.60. The summed E-state index contributed by atoms with van der Waals surface area (Å²) >= 11 is 0. The molecule has 1 aliphatic heterocycles. The summed E-state index contributed by atoms with van der Waals surface area (Å²) < 4.78 is 5.21. The van der Waals surface area contributed by atoms with Crippen LogP contribution in [0.15, 0.2) is 24.3 Å². The van der Waals surface area contributed by atoms with E-state index in [0.717, 1.165) is 19.3 Å². The molecule has 1 heterocycles. The molecular weight excluding hydrogens is 320 g/mol. The first kappa shape index (κ1) is 16.1. The molecule has 1 aromatic rings. The van der Waals surface area contributed by atoms with Crippen LogP contribution < -0.4 is 10.1 Å². The summed E-state index contributed by atoms with van der Waals surface area (Å²) in [6.45, 7) is 0.158. The summed E-state index contributed by atoms with van der Waals surface area (Å²) in [4.78, 5) is 38.8. The Bertz CT molecular complexity index is 704. The largest absolute Gasteiger partial charge is 0.495 e. The van der Waals surface area contributed by atoms with Crippen LogP contribution in [0.3, 0.4) is 0 Å². The van der Waals surface area contributed by atoms with E-state index in [0.29, 0.717) is 23.3 Å². The zero-order valence-electron chi connectivity index (χ0n) is 14.2. The summed E-state index contributed by atoms with van der Waals surface area (Å²) in [6, 6.07) is 7.15. The van der Waals surface area contributed by atoms with Crippen molar-refractivity contribution in [1.29, 1.82) is 0 Å². The molecule has 0 aromatic heterocycles. The first-order chi connectivity index (χ1) is 12.1. The standard InChI is InChI=1S/C19H22N2O4/c1-25-14-5-3-2-4-13(14)20-15(22)8-9-21-18(23)16-11-6-7-12(10-11)17(16)19(21)24/h2-5,11-12,16-17H,6-10H2,1H3,(H,20,22)/t11-,12+,16-,17-/m0/s1. The van der Waals surface area contributed by atoms with Crippen LogP contribution in [0.5, 0.6) is 5.75 Å². The van der Waals surface area contributed by atoms with Gasteiger partial charge in [-0.1, -0.05) is 12.1 Å². The Morgan fingerprint density at radius 1 is 1.16 bits per heavy atom. The molecule has 132 valence electrons. The molecule has 0 spiro atoms. The van der Waals surface area contributed by atoms with Gasteiger partial charge in [0.2, 0.25) is 17.7 Å². The highest BCUT2D eigenvalue weighted by atomic mass is 16.5. The Morgan fingerprint density at radius 2 is 1.80 bits per heavy atom. The van der Waals surface area contributed by atoms with Crippen molar-refractivity contribution in [2.45, 2.75) is 25.7 Å². The number of amides is 3. The Labute approximate surface area is 146 Å². The van der Waals surface area contributed by atoms with Crippen molar-refractivity contribution < 1.29 is 19.1 Å². The van der Waals surface area contributed by atoms with Gasteiger partial charge in [-0.25, -0.2) is 0 Å². The van der Waals surface area contributed by atoms with Gasteiger partial charge >= 0.3 is 0 Å². The lowest BCUT2D eigenvalue weighted by Crippen LogP contribution is -2.35.